The number of nitrogens with zero attached hydrogens (tertiary/aromatic N) is 1. The predicted molar refractivity (Wildman–Crippen MR) is 75.8 cm³/mol. The second-order valence-corrected chi connectivity index (χ2v) is 5.86. The third-order valence-corrected chi connectivity index (χ3v) is 4.54. The molecule has 2 aliphatic rings. The molecule has 2 atom stereocenters. The molecule has 0 aliphatic carbocycles. The van der Waals surface area contributed by atoms with Gasteiger partial charge < -0.3 is 10.2 Å². The van der Waals surface area contributed by atoms with Gasteiger partial charge in [0.15, 0.2) is 0 Å². The van der Waals surface area contributed by atoms with Crippen LogP contribution in [0.5, 0.6) is 0 Å². The zero-order valence-corrected chi connectivity index (χ0v) is 11.6. The lowest BCUT2D eigenvalue weighted by molar-refractivity contribution is -0.133. The summed E-state index contributed by atoms with van der Waals surface area (Å²) >= 11 is 0. The average molecular weight is 276 g/mol. The number of fused-ring (bicyclic) bond motifs is 1. The van der Waals surface area contributed by atoms with Crippen LogP contribution in [0.2, 0.25) is 0 Å². The number of carbonyl (C=O) groups is 1. The maximum atomic E-state index is 13.6. The number of hydrogen-bond donors (Lipinski definition) is 1. The summed E-state index contributed by atoms with van der Waals surface area (Å²) in [5, 5.41) is 3.54. The predicted octanol–water partition coefficient (Wildman–Crippen LogP) is 1.97. The molecule has 3 nitrogen and oxygen atoms in total. The van der Waals surface area contributed by atoms with Crippen molar-refractivity contribution in [1.29, 1.82) is 0 Å². The van der Waals surface area contributed by atoms with Crippen LogP contribution < -0.4 is 5.32 Å². The molecular weight excluding hydrogens is 255 g/mol. The highest BCUT2D eigenvalue weighted by Crippen LogP contribution is 2.25. The van der Waals surface area contributed by atoms with Crippen LogP contribution in [0.3, 0.4) is 0 Å². The smallest absolute Gasteiger partial charge is 0.227 e. The molecule has 1 amide bonds. The number of benzene rings is 1. The molecule has 3 rings (SSSR count). The van der Waals surface area contributed by atoms with E-state index < -0.39 is 0 Å². The van der Waals surface area contributed by atoms with E-state index >= 15 is 0 Å². The first-order valence-corrected chi connectivity index (χ1v) is 7.48. The molecule has 0 spiro atoms. The van der Waals surface area contributed by atoms with Crippen LogP contribution in [0.15, 0.2) is 24.3 Å². The molecule has 0 bridgehead atoms. The molecule has 108 valence electrons. The normalized spacial score (nSPS) is 26.1. The van der Waals surface area contributed by atoms with Crippen molar-refractivity contribution in [2.75, 3.05) is 19.6 Å². The van der Waals surface area contributed by atoms with Crippen LogP contribution in [0, 0.1) is 11.7 Å². The van der Waals surface area contributed by atoms with Gasteiger partial charge >= 0.3 is 0 Å². The Morgan fingerprint density at radius 2 is 2.20 bits per heavy atom. The average Bonchev–Trinajstić information content (AvgIpc) is 2.49. The van der Waals surface area contributed by atoms with Crippen molar-refractivity contribution < 1.29 is 9.18 Å². The number of piperidine rings is 2. The van der Waals surface area contributed by atoms with E-state index in [4.69, 9.17) is 0 Å². The van der Waals surface area contributed by atoms with E-state index in [-0.39, 0.29) is 18.1 Å². The summed E-state index contributed by atoms with van der Waals surface area (Å²) < 4.78 is 13.6. The Labute approximate surface area is 119 Å². The van der Waals surface area contributed by atoms with Crippen molar-refractivity contribution in [3.8, 4) is 0 Å². The van der Waals surface area contributed by atoms with E-state index in [9.17, 15) is 9.18 Å². The van der Waals surface area contributed by atoms with Gasteiger partial charge in [-0.2, -0.15) is 0 Å². The van der Waals surface area contributed by atoms with Gasteiger partial charge in [-0.05, 0) is 43.4 Å². The Kier molecular flexibility index (Phi) is 4.01. The topological polar surface area (TPSA) is 32.3 Å². The van der Waals surface area contributed by atoms with Crippen molar-refractivity contribution in [1.82, 2.24) is 10.2 Å². The number of halogens is 1. The molecule has 2 fully saturated rings. The Morgan fingerprint density at radius 3 is 3.05 bits per heavy atom. The molecule has 2 aliphatic heterocycles. The molecule has 20 heavy (non-hydrogen) atoms. The molecule has 0 unspecified atom stereocenters. The van der Waals surface area contributed by atoms with Crippen molar-refractivity contribution in [2.45, 2.75) is 31.7 Å². The van der Waals surface area contributed by atoms with Gasteiger partial charge in [0, 0.05) is 19.1 Å². The van der Waals surface area contributed by atoms with Crippen molar-refractivity contribution >= 4 is 5.91 Å². The fourth-order valence-electron chi connectivity index (χ4n) is 3.39. The number of carbonyl (C=O) groups excluding carboxylic acids is 1. The van der Waals surface area contributed by atoms with Gasteiger partial charge in [0.25, 0.3) is 0 Å². The van der Waals surface area contributed by atoms with Crippen LogP contribution in [-0.2, 0) is 11.2 Å². The fourth-order valence-corrected chi connectivity index (χ4v) is 3.39. The van der Waals surface area contributed by atoms with E-state index in [1.165, 1.54) is 18.9 Å². The molecule has 4 heteroatoms. The summed E-state index contributed by atoms with van der Waals surface area (Å²) in [5.74, 6) is 0.344. The number of rotatable bonds is 2. The van der Waals surface area contributed by atoms with Gasteiger partial charge in [-0.1, -0.05) is 18.2 Å². The number of likely N-dealkylation sites (tertiary alicyclic amines) is 1. The largest absolute Gasteiger partial charge is 0.342 e. The second-order valence-electron chi connectivity index (χ2n) is 5.86. The first-order chi connectivity index (χ1) is 9.74. The SMILES string of the molecule is O=C(Cc1ccccc1F)N1CC[C@@H]2NCCC[C@@H]2C1. The number of hydrogen-bond acceptors (Lipinski definition) is 2. The van der Waals surface area contributed by atoms with E-state index in [2.05, 4.69) is 5.32 Å². The van der Waals surface area contributed by atoms with Crippen LogP contribution >= 0.6 is 0 Å². The van der Waals surface area contributed by atoms with Gasteiger partial charge in [-0.3, -0.25) is 4.79 Å². The molecule has 0 saturated carbocycles. The second kappa shape index (κ2) is 5.92. The third-order valence-electron chi connectivity index (χ3n) is 4.54. The maximum Gasteiger partial charge on any atom is 0.227 e. The lowest BCUT2D eigenvalue weighted by Crippen LogP contribution is -2.53. The highest BCUT2D eigenvalue weighted by atomic mass is 19.1. The van der Waals surface area contributed by atoms with E-state index in [0.717, 1.165) is 26.1 Å². The molecule has 0 aromatic heterocycles. The highest BCUT2D eigenvalue weighted by Gasteiger charge is 2.32. The minimum atomic E-state index is -0.282. The van der Waals surface area contributed by atoms with Crippen molar-refractivity contribution in [3.05, 3.63) is 35.6 Å². The zero-order chi connectivity index (χ0) is 13.9. The van der Waals surface area contributed by atoms with E-state index in [1.54, 1.807) is 18.2 Å². The van der Waals surface area contributed by atoms with Crippen LogP contribution in [0.4, 0.5) is 4.39 Å². The molecule has 2 heterocycles. The third kappa shape index (κ3) is 2.85. The minimum Gasteiger partial charge on any atom is -0.342 e. The standard InChI is InChI=1S/C16H21FN2O/c17-14-6-2-1-4-12(14)10-16(20)19-9-7-15-13(11-19)5-3-8-18-15/h1-2,4,6,13,15,18H,3,5,7-11H2/t13-,15+/m1/s1. The molecule has 1 N–H and O–H groups in total. The molecule has 0 radical (unpaired) electrons. The Morgan fingerprint density at radius 1 is 1.35 bits per heavy atom. The number of nitrogens with one attached hydrogen (secondary N) is 1. The molecular formula is C16H21FN2O. The van der Waals surface area contributed by atoms with Crippen LogP contribution in [0.1, 0.15) is 24.8 Å². The van der Waals surface area contributed by atoms with Crippen molar-refractivity contribution in [2.24, 2.45) is 5.92 Å². The fraction of sp³-hybridized carbons (Fsp3) is 0.562. The summed E-state index contributed by atoms with van der Waals surface area (Å²) in [4.78, 5) is 14.3. The highest BCUT2D eigenvalue weighted by molar-refractivity contribution is 5.79. The molecule has 2 saturated heterocycles. The first kappa shape index (κ1) is 13.6. The summed E-state index contributed by atoms with van der Waals surface area (Å²) in [7, 11) is 0. The zero-order valence-electron chi connectivity index (χ0n) is 11.6. The lowest BCUT2D eigenvalue weighted by Gasteiger charge is -2.41. The quantitative estimate of drug-likeness (QED) is 0.895. The monoisotopic (exact) mass is 276 g/mol. The van der Waals surface area contributed by atoms with Crippen LogP contribution in [-0.4, -0.2) is 36.5 Å². The first-order valence-electron chi connectivity index (χ1n) is 7.48. The summed E-state index contributed by atoms with van der Waals surface area (Å²) in [5.41, 5.74) is 0.501. The minimum absolute atomic E-state index is 0.0547. The van der Waals surface area contributed by atoms with Gasteiger partial charge in [0.05, 0.1) is 6.42 Å². The van der Waals surface area contributed by atoms with E-state index in [1.807, 2.05) is 4.90 Å². The summed E-state index contributed by atoms with van der Waals surface area (Å²) in [6.45, 7) is 2.72. The summed E-state index contributed by atoms with van der Waals surface area (Å²) in [6.07, 6.45) is 3.59. The number of amides is 1. The lowest BCUT2D eigenvalue weighted by atomic mass is 9.85. The Balaban J connectivity index is 1.62. The van der Waals surface area contributed by atoms with Crippen LogP contribution in [0.25, 0.3) is 0 Å². The molecule has 1 aromatic rings. The van der Waals surface area contributed by atoms with Crippen molar-refractivity contribution in [3.63, 3.8) is 0 Å². The Hall–Kier alpha value is -1.42. The Bertz CT molecular complexity index is 491. The van der Waals surface area contributed by atoms with Gasteiger partial charge in [0.1, 0.15) is 5.82 Å². The van der Waals surface area contributed by atoms with Gasteiger partial charge in [0.2, 0.25) is 5.91 Å². The van der Waals surface area contributed by atoms with E-state index in [0.29, 0.717) is 17.5 Å². The maximum absolute atomic E-state index is 13.6. The molecule has 1 aromatic carbocycles. The van der Waals surface area contributed by atoms with Gasteiger partial charge in [-0.25, -0.2) is 4.39 Å². The summed E-state index contributed by atoms with van der Waals surface area (Å²) in [6, 6.07) is 7.12. The van der Waals surface area contributed by atoms with Gasteiger partial charge in [-0.15, -0.1) is 0 Å².